The van der Waals surface area contributed by atoms with Crippen molar-refractivity contribution >= 4 is 17.6 Å². The van der Waals surface area contributed by atoms with Crippen LogP contribution in [0.4, 0.5) is 5.88 Å². The number of methoxy groups -OCH3 is 2. The zero-order chi connectivity index (χ0) is 17.7. The van der Waals surface area contributed by atoms with Crippen molar-refractivity contribution in [2.75, 3.05) is 20.8 Å². The van der Waals surface area contributed by atoms with E-state index in [2.05, 4.69) is 0 Å². The maximum atomic E-state index is 12.1. The minimum atomic E-state index is -0.982. The van der Waals surface area contributed by atoms with Crippen LogP contribution in [0.1, 0.15) is 20.9 Å². The first-order chi connectivity index (χ1) is 11.5. The molecule has 0 fully saturated rings. The lowest BCUT2D eigenvalue weighted by Gasteiger charge is -2.09. The van der Waals surface area contributed by atoms with Crippen LogP contribution in [-0.4, -0.2) is 37.5 Å². The number of Topliss-reactive ketones (excluding diaryl/α,β-unsaturated/α-hetero) is 1. The number of ketones is 1. The Morgan fingerprint density at radius 1 is 1.17 bits per heavy atom. The predicted molar refractivity (Wildman–Crippen MR) is 79.5 cm³/mol. The number of rotatable bonds is 7. The predicted octanol–water partition coefficient (Wildman–Crippen LogP) is 2.24. The average Bonchev–Trinajstić information content (AvgIpc) is 3.09. The first kappa shape index (κ1) is 17.0. The van der Waals surface area contributed by atoms with Crippen molar-refractivity contribution in [3.63, 3.8) is 0 Å². The summed E-state index contributed by atoms with van der Waals surface area (Å²) in [7, 11) is 2.86. The Labute approximate surface area is 135 Å². The van der Waals surface area contributed by atoms with E-state index in [0.29, 0.717) is 5.75 Å². The molecule has 0 aliphatic carbocycles. The fourth-order valence-corrected chi connectivity index (χ4v) is 1.84. The Morgan fingerprint density at radius 3 is 2.50 bits per heavy atom. The lowest BCUT2D eigenvalue weighted by Crippen LogP contribution is -2.14. The molecule has 2 rings (SSSR count). The standard InChI is InChI=1S/C15H13NO8/c1-21-9-3-4-10(13(7-9)22-2)11(17)8-23-15(18)12-5-6-14(24-12)16(19)20/h3-7H,8H2,1-2H3. The van der Waals surface area contributed by atoms with Crippen molar-refractivity contribution in [3.8, 4) is 11.5 Å². The molecular weight excluding hydrogens is 322 g/mol. The minimum Gasteiger partial charge on any atom is -0.497 e. The molecule has 0 saturated carbocycles. The number of carbonyl (C=O) groups is 2. The number of carbonyl (C=O) groups excluding carboxylic acids is 2. The van der Waals surface area contributed by atoms with Crippen LogP contribution < -0.4 is 9.47 Å². The van der Waals surface area contributed by atoms with Gasteiger partial charge in [-0.1, -0.05) is 0 Å². The van der Waals surface area contributed by atoms with E-state index in [1.165, 1.54) is 26.4 Å². The van der Waals surface area contributed by atoms with Gasteiger partial charge < -0.3 is 18.6 Å². The Balaban J connectivity index is 2.04. The molecule has 0 aliphatic heterocycles. The van der Waals surface area contributed by atoms with Gasteiger partial charge in [0.15, 0.2) is 6.61 Å². The first-order valence-electron chi connectivity index (χ1n) is 6.63. The van der Waals surface area contributed by atoms with Gasteiger partial charge in [0.25, 0.3) is 0 Å². The summed E-state index contributed by atoms with van der Waals surface area (Å²) in [6, 6.07) is 6.67. The fourth-order valence-electron chi connectivity index (χ4n) is 1.84. The molecule has 24 heavy (non-hydrogen) atoms. The quantitative estimate of drug-likeness (QED) is 0.327. The van der Waals surface area contributed by atoms with E-state index in [9.17, 15) is 19.7 Å². The monoisotopic (exact) mass is 335 g/mol. The van der Waals surface area contributed by atoms with Crippen LogP contribution in [0.25, 0.3) is 0 Å². The van der Waals surface area contributed by atoms with Gasteiger partial charge in [-0.05, 0) is 18.2 Å². The molecule has 0 atom stereocenters. The second-order valence-corrected chi connectivity index (χ2v) is 4.46. The van der Waals surface area contributed by atoms with Gasteiger partial charge in [0, 0.05) is 6.07 Å². The largest absolute Gasteiger partial charge is 0.497 e. The number of ether oxygens (including phenoxy) is 3. The second kappa shape index (κ2) is 7.27. The molecule has 2 aromatic rings. The third kappa shape index (κ3) is 3.69. The minimum absolute atomic E-state index is 0.205. The number of nitro groups is 1. The van der Waals surface area contributed by atoms with Crippen LogP contribution in [0.15, 0.2) is 34.7 Å². The molecule has 9 nitrogen and oxygen atoms in total. The molecule has 1 heterocycles. The van der Waals surface area contributed by atoms with Crippen molar-refractivity contribution < 1.29 is 33.1 Å². The van der Waals surface area contributed by atoms with E-state index in [1.807, 2.05) is 0 Å². The number of furan rings is 1. The van der Waals surface area contributed by atoms with E-state index in [4.69, 9.17) is 18.6 Å². The molecule has 0 bridgehead atoms. The smallest absolute Gasteiger partial charge is 0.433 e. The van der Waals surface area contributed by atoms with E-state index < -0.39 is 29.2 Å². The third-order valence-electron chi connectivity index (χ3n) is 3.02. The van der Waals surface area contributed by atoms with Gasteiger partial charge in [-0.2, -0.15) is 0 Å². The van der Waals surface area contributed by atoms with E-state index in [1.54, 1.807) is 6.07 Å². The lowest BCUT2D eigenvalue weighted by molar-refractivity contribution is -0.402. The van der Waals surface area contributed by atoms with Crippen LogP contribution in [0.5, 0.6) is 11.5 Å². The number of benzene rings is 1. The summed E-state index contributed by atoms with van der Waals surface area (Å²) in [4.78, 5) is 33.6. The van der Waals surface area contributed by atoms with Crippen molar-refractivity contribution in [1.82, 2.24) is 0 Å². The maximum Gasteiger partial charge on any atom is 0.433 e. The molecule has 1 aromatic heterocycles. The average molecular weight is 335 g/mol. The molecule has 1 aromatic carbocycles. The number of hydrogen-bond donors (Lipinski definition) is 0. The van der Waals surface area contributed by atoms with Gasteiger partial charge in [0.05, 0.1) is 25.8 Å². The molecule has 126 valence electrons. The topological polar surface area (TPSA) is 118 Å². The molecule has 9 heteroatoms. The highest BCUT2D eigenvalue weighted by Crippen LogP contribution is 2.25. The first-order valence-corrected chi connectivity index (χ1v) is 6.63. The van der Waals surface area contributed by atoms with E-state index in [0.717, 1.165) is 12.1 Å². The van der Waals surface area contributed by atoms with Crippen molar-refractivity contribution in [2.24, 2.45) is 0 Å². The van der Waals surface area contributed by atoms with Crippen LogP contribution in [0.2, 0.25) is 0 Å². The number of nitrogens with zero attached hydrogens (tertiary/aromatic N) is 1. The van der Waals surface area contributed by atoms with Crippen LogP contribution in [-0.2, 0) is 4.74 Å². The highest BCUT2D eigenvalue weighted by Gasteiger charge is 2.21. The van der Waals surface area contributed by atoms with E-state index in [-0.39, 0.29) is 17.1 Å². The van der Waals surface area contributed by atoms with Crippen molar-refractivity contribution in [3.05, 3.63) is 51.8 Å². The van der Waals surface area contributed by atoms with Gasteiger partial charge >= 0.3 is 11.9 Å². The van der Waals surface area contributed by atoms with Gasteiger partial charge in [-0.25, -0.2) is 4.79 Å². The number of hydrogen-bond acceptors (Lipinski definition) is 8. The summed E-state index contributed by atoms with van der Waals surface area (Å²) in [5.74, 6) is -1.68. The summed E-state index contributed by atoms with van der Waals surface area (Å²) in [6.45, 7) is -0.573. The molecular formula is C15H13NO8. The van der Waals surface area contributed by atoms with Gasteiger partial charge in [-0.3, -0.25) is 14.9 Å². The molecule has 0 amide bonds. The summed E-state index contributed by atoms with van der Waals surface area (Å²) < 4.78 is 19.6. The normalized spacial score (nSPS) is 10.1. The van der Waals surface area contributed by atoms with Crippen molar-refractivity contribution in [1.29, 1.82) is 0 Å². The lowest BCUT2D eigenvalue weighted by atomic mass is 10.1. The van der Waals surface area contributed by atoms with Gasteiger partial charge in [0.2, 0.25) is 11.5 Å². The molecule has 0 aliphatic rings. The Hall–Kier alpha value is -3.36. The molecule has 0 radical (unpaired) electrons. The molecule has 0 spiro atoms. The molecule has 0 N–H and O–H groups in total. The second-order valence-electron chi connectivity index (χ2n) is 4.46. The summed E-state index contributed by atoms with van der Waals surface area (Å²) in [5, 5.41) is 10.5. The Morgan fingerprint density at radius 2 is 1.92 bits per heavy atom. The van der Waals surface area contributed by atoms with Crippen LogP contribution in [0.3, 0.4) is 0 Å². The van der Waals surface area contributed by atoms with Crippen molar-refractivity contribution in [2.45, 2.75) is 0 Å². The zero-order valence-corrected chi connectivity index (χ0v) is 12.8. The van der Waals surface area contributed by atoms with Gasteiger partial charge in [0.1, 0.15) is 16.4 Å². The van der Waals surface area contributed by atoms with Crippen LogP contribution >= 0.6 is 0 Å². The summed E-state index contributed by atoms with van der Waals surface area (Å²) >= 11 is 0. The number of esters is 1. The van der Waals surface area contributed by atoms with E-state index >= 15 is 0 Å². The Kier molecular flexibility index (Phi) is 5.15. The summed E-state index contributed by atoms with van der Waals surface area (Å²) in [6.07, 6.45) is 0. The third-order valence-corrected chi connectivity index (χ3v) is 3.02. The SMILES string of the molecule is COc1ccc(C(=O)COC(=O)c2ccc([N+](=O)[O-])o2)c(OC)c1. The van der Waals surface area contributed by atoms with Gasteiger partial charge in [-0.15, -0.1) is 0 Å². The zero-order valence-electron chi connectivity index (χ0n) is 12.8. The highest BCUT2D eigenvalue weighted by molar-refractivity contribution is 6.01. The Bertz CT molecular complexity index is 780. The molecule has 0 saturated heterocycles. The van der Waals surface area contributed by atoms with Crippen LogP contribution in [0, 0.1) is 10.1 Å². The summed E-state index contributed by atoms with van der Waals surface area (Å²) in [5.41, 5.74) is 0.205. The fraction of sp³-hybridized carbons (Fsp3) is 0.200. The highest BCUT2D eigenvalue weighted by atomic mass is 16.7. The molecule has 0 unspecified atom stereocenters. The maximum absolute atomic E-state index is 12.1.